The van der Waals surface area contributed by atoms with Crippen LogP contribution in [-0.2, 0) is 0 Å². The molecule has 0 fully saturated rings. The summed E-state index contributed by atoms with van der Waals surface area (Å²) in [5.74, 6) is 2.94. The Morgan fingerprint density at radius 3 is 2.79 bits per heavy atom. The van der Waals surface area contributed by atoms with E-state index in [-0.39, 0.29) is 0 Å². The molecule has 0 aliphatic rings. The number of aryl methyl sites for hydroxylation is 1. The highest BCUT2D eigenvalue weighted by Gasteiger charge is 2.05. The maximum absolute atomic E-state index is 5.42. The summed E-state index contributed by atoms with van der Waals surface area (Å²) in [6, 6.07) is 5.56. The Morgan fingerprint density at radius 2 is 2.14 bits per heavy atom. The molecule has 0 unspecified atom stereocenters. The SMILES string of the molecule is CNc1ccnc(-c2ccc(C)o2)n1. The lowest BCUT2D eigenvalue weighted by atomic mass is 10.4. The molecule has 0 amide bonds. The average molecular weight is 189 g/mol. The first-order valence-corrected chi connectivity index (χ1v) is 4.37. The van der Waals surface area contributed by atoms with Crippen LogP contribution in [0.4, 0.5) is 5.82 Å². The van der Waals surface area contributed by atoms with Gasteiger partial charge in [-0.25, -0.2) is 9.97 Å². The zero-order valence-electron chi connectivity index (χ0n) is 8.11. The Balaban J connectivity index is 2.41. The quantitative estimate of drug-likeness (QED) is 0.785. The second kappa shape index (κ2) is 3.49. The lowest BCUT2D eigenvalue weighted by Gasteiger charge is -1.99. The van der Waals surface area contributed by atoms with Crippen LogP contribution >= 0.6 is 0 Å². The number of nitrogens with zero attached hydrogens (tertiary/aromatic N) is 2. The van der Waals surface area contributed by atoms with Gasteiger partial charge >= 0.3 is 0 Å². The third-order valence-electron chi connectivity index (χ3n) is 1.87. The highest BCUT2D eigenvalue weighted by atomic mass is 16.3. The molecule has 0 saturated heterocycles. The molecular formula is C10H11N3O. The molecule has 2 rings (SSSR count). The minimum absolute atomic E-state index is 0.602. The molecule has 2 heterocycles. The van der Waals surface area contributed by atoms with Gasteiger partial charge in [0, 0.05) is 13.2 Å². The van der Waals surface area contributed by atoms with Crippen molar-refractivity contribution in [3.8, 4) is 11.6 Å². The van der Waals surface area contributed by atoms with Crippen LogP contribution in [0.2, 0.25) is 0 Å². The molecule has 0 atom stereocenters. The number of furan rings is 1. The first-order chi connectivity index (χ1) is 6.79. The van der Waals surface area contributed by atoms with E-state index in [0.717, 1.165) is 11.6 Å². The number of rotatable bonds is 2. The largest absolute Gasteiger partial charge is 0.458 e. The molecule has 2 aromatic heterocycles. The zero-order chi connectivity index (χ0) is 9.97. The van der Waals surface area contributed by atoms with Crippen LogP contribution in [0, 0.1) is 6.92 Å². The van der Waals surface area contributed by atoms with Gasteiger partial charge in [-0.2, -0.15) is 0 Å². The first-order valence-electron chi connectivity index (χ1n) is 4.37. The summed E-state index contributed by atoms with van der Waals surface area (Å²) in [7, 11) is 1.82. The summed E-state index contributed by atoms with van der Waals surface area (Å²) < 4.78 is 5.42. The highest BCUT2D eigenvalue weighted by Crippen LogP contribution is 2.18. The summed E-state index contributed by atoms with van der Waals surface area (Å²) >= 11 is 0. The van der Waals surface area contributed by atoms with E-state index in [0.29, 0.717) is 11.6 Å². The van der Waals surface area contributed by atoms with Gasteiger partial charge < -0.3 is 9.73 Å². The second-order valence-corrected chi connectivity index (χ2v) is 2.93. The van der Waals surface area contributed by atoms with Crippen molar-refractivity contribution in [2.45, 2.75) is 6.92 Å². The summed E-state index contributed by atoms with van der Waals surface area (Å²) in [5.41, 5.74) is 0. The molecule has 0 bridgehead atoms. The molecule has 72 valence electrons. The summed E-state index contributed by atoms with van der Waals surface area (Å²) in [6.45, 7) is 1.89. The molecule has 2 aromatic rings. The number of hydrogen-bond donors (Lipinski definition) is 1. The summed E-state index contributed by atoms with van der Waals surface area (Å²) in [6.07, 6.45) is 1.70. The van der Waals surface area contributed by atoms with E-state index in [1.54, 1.807) is 12.3 Å². The topological polar surface area (TPSA) is 51.0 Å². The monoisotopic (exact) mass is 189 g/mol. The molecule has 1 N–H and O–H groups in total. The Kier molecular flexibility index (Phi) is 2.18. The number of hydrogen-bond acceptors (Lipinski definition) is 4. The second-order valence-electron chi connectivity index (χ2n) is 2.93. The number of aromatic nitrogens is 2. The van der Waals surface area contributed by atoms with E-state index in [9.17, 15) is 0 Å². The molecular weight excluding hydrogens is 178 g/mol. The maximum atomic E-state index is 5.42. The van der Waals surface area contributed by atoms with E-state index < -0.39 is 0 Å². The fourth-order valence-electron chi connectivity index (χ4n) is 1.17. The van der Waals surface area contributed by atoms with Gasteiger partial charge in [-0.1, -0.05) is 0 Å². The fraction of sp³-hybridized carbons (Fsp3) is 0.200. The third kappa shape index (κ3) is 1.59. The predicted octanol–water partition coefficient (Wildman–Crippen LogP) is 2.09. The van der Waals surface area contributed by atoms with Gasteiger partial charge in [0.2, 0.25) is 0 Å². The summed E-state index contributed by atoms with van der Waals surface area (Å²) in [4.78, 5) is 8.38. The predicted molar refractivity (Wildman–Crippen MR) is 54.0 cm³/mol. The van der Waals surface area contributed by atoms with Crippen LogP contribution in [0.3, 0.4) is 0 Å². The Morgan fingerprint density at radius 1 is 1.29 bits per heavy atom. The van der Waals surface area contributed by atoms with E-state index in [1.807, 2.05) is 26.1 Å². The minimum atomic E-state index is 0.602. The van der Waals surface area contributed by atoms with Crippen molar-refractivity contribution >= 4 is 5.82 Å². The van der Waals surface area contributed by atoms with Crippen molar-refractivity contribution in [3.63, 3.8) is 0 Å². The van der Waals surface area contributed by atoms with E-state index in [4.69, 9.17) is 4.42 Å². The van der Waals surface area contributed by atoms with E-state index in [1.165, 1.54) is 0 Å². The smallest absolute Gasteiger partial charge is 0.197 e. The number of anilines is 1. The van der Waals surface area contributed by atoms with Crippen molar-refractivity contribution in [3.05, 3.63) is 30.2 Å². The molecule has 0 aliphatic heterocycles. The third-order valence-corrected chi connectivity index (χ3v) is 1.87. The normalized spacial score (nSPS) is 10.1. The number of nitrogens with one attached hydrogen (secondary N) is 1. The molecule has 4 heteroatoms. The van der Waals surface area contributed by atoms with Crippen molar-refractivity contribution in [1.82, 2.24) is 9.97 Å². The molecule has 0 aliphatic carbocycles. The Labute approximate surface area is 82.0 Å². The van der Waals surface area contributed by atoms with Crippen LogP contribution in [-0.4, -0.2) is 17.0 Å². The zero-order valence-corrected chi connectivity index (χ0v) is 8.11. The van der Waals surface area contributed by atoms with Crippen LogP contribution in [0.5, 0.6) is 0 Å². The molecule has 4 nitrogen and oxygen atoms in total. The summed E-state index contributed by atoms with van der Waals surface area (Å²) in [5, 5.41) is 2.95. The van der Waals surface area contributed by atoms with Gasteiger partial charge in [-0.3, -0.25) is 0 Å². The average Bonchev–Trinajstić information content (AvgIpc) is 2.65. The van der Waals surface area contributed by atoms with E-state index >= 15 is 0 Å². The Bertz CT molecular complexity index is 436. The molecule has 0 radical (unpaired) electrons. The Hall–Kier alpha value is -1.84. The van der Waals surface area contributed by atoms with Crippen molar-refractivity contribution in [2.24, 2.45) is 0 Å². The molecule has 14 heavy (non-hydrogen) atoms. The standard InChI is InChI=1S/C10H11N3O/c1-7-3-4-8(14-7)10-12-6-5-9(11-2)13-10/h3-6H,1-2H3,(H,11,12,13). The van der Waals surface area contributed by atoms with E-state index in [2.05, 4.69) is 15.3 Å². The van der Waals surface area contributed by atoms with Crippen LogP contribution in [0.25, 0.3) is 11.6 Å². The van der Waals surface area contributed by atoms with Crippen molar-refractivity contribution < 1.29 is 4.42 Å². The van der Waals surface area contributed by atoms with Crippen molar-refractivity contribution in [1.29, 1.82) is 0 Å². The van der Waals surface area contributed by atoms with Gasteiger partial charge in [0.05, 0.1) is 0 Å². The molecule has 0 aromatic carbocycles. The fourth-order valence-corrected chi connectivity index (χ4v) is 1.17. The lowest BCUT2D eigenvalue weighted by molar-refractivity contribution is 0.544. The van der Waals surface area contributed by atoms with Crippen LogP contribution in [0.1, 0.15) is 5.76 Å². The molecule has 0 saturated carbocycles. The van der Waals surface area contributed by atoms with Crippen LogP contribution in [0.15, 0.2) is 28.8 Å². The lowest BCUT2D eigenvalue weighted by Crippen LogP contribution is -1.94. The van der Waals surface area contributed by atoms with Gasteiger partial charge in [0.15, 0.2) is 11.6 Å². The minimum Gasteiger partial charge on any atom is -0.458 e. The highest BCUT2D eigenvalue weighted by molar-refractivity contribution is 5.50. The maximum Gasteiger partial charge on any atom is 0.197 e. The van der Waals surface area contributed by atoms with Crippen LogP contribution < -0.4 is 5.32 Å². The van der Waals surface area contributed by atoms with Crippen molar-refractivity contribution in [2.75, 3.05) is 12.4 Å². The van der Waals surface area contributed by atoms with Gasteiger partial charge in [0.1, 0.15) is 11.6 Å². The van der Waals surface area contributed by atoms with Gasteiger partial charge in [-0.15, -0.1) is 0 Å². The molecule has 0 spiro atoms. The van der Waals surface area contributed by atoms with Gasteiger partial charge in [0.25, 0.3) is 0 Å². The van der Waals surface area contributed by atoms with Gasteiger partial charge in [-0.05, 0) is 25.1 Å². The first kappa shape index (κ1) is 8.74.